The smallest absolute Gasteiger partial charge is 0.324 e. The molecule has 0 fully saturated rings. The van der Waals surface area contributed by atoms with Gasteiger partial charge in [0.05, 0.1) is 9.35 Å². The van der Waals surface area contributed by atoms with E-state index in [9.17, 15) is 13.2 Å². The topological polar surface area (TPSA) is 26.0 Å². The summed E-state index contributed by atoms with van der Waals surface area (Å²) in [5, 5.41) is 0. The Morgan fingerprint density at radius 3 is 2.30 bits per heavy atom. The van der Waals surface area contributed by atoms with Crippen molar-refractivity contribution in [1.29, 1.82) is 0 Å². The van der Waals surface area contributed by atoms with Crippen LogP contribution in [0, 0.1) is 6.92 Å². The lowest BCUT2D eigenvalue weighted by molar-refractivity contribution is -0.137. The van der Waals surface area contributed by atoms with Crippen LogP contribution >= 0.6 is 27.3 Å². The molecule has 0 aliphatic heterocycles. The third-order valence-corrected chi connectivity index (χ3v) is 4.63. The zero-order valence-corrected chi connectivity index (χ0v) is 13.1. The summed E-state index contributed by atoms with van der Waals surface area (Å²) in [6.45, 7) is 1.98. The fraction of sp³-hybridized carbons (Fsp3) is 0.286. The van der Waals surface area contributed by atoms with Crippen molar-refractivity contribution >= 4 is 27.3 Å². The Morgan fingerprint density at radius 1 is 1.25 bits per heavy atom. The molecule has 20 heavy (non-hydrogen) atoms. The molecule has 2 rings (SSSR count). The van der Waals surface area contributed by atoms with Crippen LogP contribution in [0.3, 0.4) is 0 Å². The molecule has 0 aliphatic rings. The van der Waals surface area contributed by atoms with Gasteiger partial charge in [-0.25, -0.2) is 0 Å². The predicted octanol–water partition coefficient (Wildman–Crippen LogP) is 5.08. The summed E-state index contributed by atoms with van der Waals surface area (Å²) in [6.07, 6.45) is -3.78. The van der Waals surface area contributed by atoms with Gasteiger partial charge < -0.3 is 5.73 Å². The van der Waals surface area contributed by atoms with Crippen LogP contribution in [0.2, 0.25) is 0 Å². The fourth-order valence-electron chi connectivity index (χ4n) is 2.02. The molecule has 1 atom stereocenters. The monoisotopic (exact) mass is 363 g/mol. The third-order valence-electron chi connectivity index (χ3n) is 3.06. The van der Waals surface area contributed by atoms with E-state index in [-0.39, 0.29) is 6.04 Å². The lowest BCUT2D eigenvalue weighted by Crippen LogP contribution is -2.13. The molecule has 1 heterocycles. The first kappa shape index (κ1) is 15.5. The second-order valence-electron chi connectivity index (χ2n) is 4.57. The van der Waals surface area contributed by atoms with E-state index in [1.807, 2.05) is 13.0 Å². The number of aryl methyl sites for hydroxylation is 1. The molecule has 1 aromatic heterocycles. The molecule has 0 spiro atoms. The van der Waals surface area contributed by atoms with E-state index in [0.29, 0.717) is 6.42 Å². The summed E-state index contributed by atoms with van der Waals surface area (Å²) >= 11 is 5.01. The second-order valence-corrected chi connectivity index (χ2v) is 7.20. The number of thiophene rings is 1. The average molecular weight is 364 g/mol. The van der Waals surface area contributed by atoms with E-state index < -0.39 is 11.7 Å². The van der Waals surface area contributed by atoms with Gasteiger partial charge in [0, 0.05) is 10.9 Å². The first-order valence-corrected chi connectivity index (χ1v) is 7.56. The van der Waals surface area contributed by atoms with Gasteiger partial charge in [-0.2, -0.15) is 13.2 Å². The van der Waals surface area contributed by atoms with E-state index in [4.69, 9.17) is 5.73 Å². The fourth-order valence-corrected chi connectivity index (χ4v) is 3.80. The second kappa shape index (κ2) is 5.87. The van der Waals surface area contributed by atoms with Gasteiger partial charge in [-0.05, 0) is 58.6 Å². The van der Waals surface area contributed by atoms with Crippen molar-refractivity contribution in [3.63, 3.8) is 0 Å². The van der Waals surface area contributed by atoms with Crippen molar-refractivity contribution in [2.45, 2.75) is 25.6 Å². The zero-order valence-electron chi connectivity index (χ0n) is 10.7. The van der Waals surface area contributed by atoms with Crippen LogP contribution < -0.4 is 5.73 Å². The van der Waals surface area contributed by atoms with Crippen molar-refractivity contribution in [3.05, 3.63) is 55.7 Å². The highest BCUT2D eigenvalue weighted by Crippen LogP contribution is 2.32. The van der Waals surface area contributed by atoms with Crippen molar-refractivity contribution in [3.8, 4) is 0 Å². The number of rotatable bonds is 3. The lowest BCUT2D eigenvalue weighted by atomic mass is 9.99. The van der Waals surface area contributed by atoms with Crippen LogP contribution in [0.5, 0.6) is 0 Å². The Morgan fingerprint density at radius 2 is 1.85 bits per heavy atom. The molecule has 1 unspecified atom stereocenters. The van der Waals surface area contributed by atoms with Crippen LogP contribution in [0.1, 0.15) is 27.6 Å². The molecule has 6 heteroatoms. The maximum Gasteiger partial charge on any atom is 0.416 e. The summed E-state index contributed by atoms with van der Waals surface area (Å²) in [7, 11) is 0. The molecule has 108 valence electrons. The number of nitrogens with two attached hydrogens (primary N) is 1. The van der Waals surface area contributed by atoms with E-state index in [1.54, 1.807) is 11.3 Å². The maximum atomic E-state index is 12.5. The molecule has 0 saturated carbocycles. The first-order valence-electron chi connectivity index (χ1n) is 5.95. The Hall–Kier alpha value is -0.850. The normalized spacial score (nSPS) is 13.5. The summed E-state index contributed by atoms with van der Waals surface area (Å²) < 4.78 is 38.4. The quantitative estimate of drug-likeness (QED) is 0.808. The number of halogens is 4. The lowest BCUT2D eigenvalue weighted by Gasteiger charge is -2.12. The van der Waals surface area contributed by atoms with Crippen LogP contribution in [0.25, 0.3) is 0 Å². The molecule has 0 bridgehead atoms. The number of hydrogen-bond donors (Lipinski definition) is 1. The molecule has 0 amide bonds. The van der Waals surface area contributed by atoms with Crippen LogP contribution in [-0.2, 0) is 12.6 Å². The molecular weight excluding hydrogens is 351 g/mol. The minimum Gasteiger partial charge on any atom is -0.324 e. The minimum absolute atomic E-state index is 0.214. The van der Waals surface area contributed by atoms with Gasteiger partial charge in [0.2, 0.25) is 0 Å². The number of hydrogen-bond acceptors (Lipinski definition) is 2. The van der Waals surface area contributed by atoms with Crippen molar-refractivity contribution in [2.24, 2.45) is 5.73 Å². The van der Waals surface area contributed by atoms with Gasteiger partial charge in [-0.15, -0.1) is 11.3 Å². The average Bonchev–Trinajstić information content (AvgIpc) is 2.68. The van der Waals surface area contributed by atoms with Gasteiger partial charge in [-0.3, -0.25) is 0 Å². The number of benzene rings is 1. The summed E-state index contributed by atoms with van der Waals surface area (Å²) in [6, 6.07) is 6.92. The van der Waals surface area contributed by atoms with Gasteiger partial charge in [-0.1, -0.05) is 12.1 Å². The standard InChI is InChI=1S/C14H13BrF3NS/c1-8-11(7-13(15)20-8)12(19)6-9-2-4-10(5-3-9)14(16,17)18/h2-5,7,12H,6,19H2,1H3. The highest BCUT2D eigenvalue weighted by atomic mass is 79.9. The van der Waals surface area contributed by atoms with Gasteiger partial charge in [0.15, 0.2) is 0 Å². The molecule has 0 aliphatic carbocycles. The van der Waals surface area contributed by atoms with E-state index in [2.05, 4.69) is 15.9 Å². The Bertz CT molecular complexity index is 589. The minimum atomic E-state index is -4.30. The highest BCUT2D eigenvalue weighted by Gasteiger charge is 2.30. The largest absolute Gasteiger partial charge is 0.416 e. The predicted molar refractivity (Wildman–Crippen MR) is 78.8 cm³/mol. The molecule has 1 nitrogen and oxygen atoms in total. The molecule has 2 aromatic rings. The van der Waals surface area contributed by atoms with Crippen LogP contribution in [-0.4, -0.2) is 0 Å². The van der Waals surface area contributed by atoms with Gasteiger partial charge >= 0.3 is 6.18 Å². The summed E-state index contributed by atoms with van der Waals surface area (Å²) in [5.41, 5.74) is 7.32. The Balaban J connectivity index is 2.12. The van der Waals surface area contributed by atoms with Crippen LogP contribution in [0.15, 0.2) is 34.1 Å². The number of alkyl halides is 3. The third kappa shape index (κ3) is 3.62. The van der Waals surface area contributed by atoms with Crippen molar-refractivity contribution in [1.82, 2.24) is 0 Å². The van der Waals surface area contributed by atoms with E-state index in [1.165, 1.54) is 12.1 Å². The molecule has 0 radical (unpaired) electrons. The molecule has 1 aromatic carbocycles. The van der Waals surface area contributed by atoms with Crippen molar-refractivity contribution in [2.75, 3.05) is 0 Å². The highest BCUT2D eigenvalue weighted by molar-refractivity contribution is 9.11. The molecule has 2 N–H and O–H groups in total. The first-order chi connectivity index (χ1) is 9.27. The summed E-state index contributed by atoms with van der Waals surface area (Å²) in [5.74, 6) is 0. The Labute approximate surface area is 127 Å². The van der Waals surface area contributed by atoms with Gasteiger partial charge in [0.25, 0.3) is 0 Å². The van der Waals surface area contributed by atoms with E-state index >= 15 is 0 Å². The van der Waals surface area contributed by atoms with E-state index in [0.717, 1.165) is 31.9 Å². The Kier molecular flexibility index (Phi) is 4.56. The van der Waals surface area contributed by atoms with Gasteiger partial charge in [0.1, 0.15) is 0 Å². The molecule has 0 saturated heterocycles. The maximum absolute atomic E-state index is 12.5. The summed E-state index contributed by atoms with van der Waals surface area (Å²) in [4.78, 5) is 1.12. The van der Waals surface area contributed by atoms with Crippen molar-refractivity contribution < 1.29 is 13.2 Å². The SMILES string of the molecule is Cc1sc(Br)cc1C(N)Cc1ccc(C(F)(F)F)cc1. The zero-order chi connectivity index (χ0) is 14.9. The van der Waals surface area contributed by atoms with Crippen LogP contribution in [0.4, 0.5) is 13.2 Å². The molecular formula is C14H13BrF3NS.